The molecule has 0 saturated heterocycles. The Morgan fingerprint density at radius 1 is 1.17 bits per heavy atom. The van der Waals surface area contributed by atoms with Gasteiger partial charge in [0.25, 0.3) is 0 Å². The number of hydrogen-bond acceptors (Lipinski definition) is 6. The van der Waals surface area contributed by atoms with Crippen molar-refractivity contribution in [3.8, 4) is 11.5 Å². The third-order valence-corrected chi connectivity index (χ3v) is 7.94. The maximum atomic E-state index is 12.0. The van der Waals surface area contributed by atoms with Crippen molar-refractivity contribution in [1.29, 1.82) is 0 Å². The highest BCUT2D eigenvalue weighted by atomic mass is 16.4. The number of hydrogen-bond donors (Lipinski definition) is 5. The fraction of sp³-hybridized carbons (Fsp3) is 0.565. The van der Waals surface area contributed by atoms with Crippen LogP contribution in [0.2, 0.25) is 0 Å². The number of carbonyl (C=O) groups excluding carboxylic acids is 1. The number of aldehydes is 1. The van der Waals surface area contributed by atoms with Crippen molar-refractivity contribution < 1.29 is 35.1 Å². The first-order chi connectivity index (χ1) is 13.7. The van der Waals surface area contributed by atoms with Gasteiger partial charge in [-0.05, 0) is 49.3 Å². The van der Waals surface area contributed by atoms with Gasteiger partial charge in [0.1, 0.15) is 28.9 Å². The Kier molecular flexibility index (Phi) is 4.08. The molecule has 3 aliphatic rings. The lowest BCUT2D eigenvalue weighted by Gasteiger charge is -2.67. The van der Waals surface area contributed by atoms with Crippen LogP contribution in [0.15, 0.2) is 17.7 Å². The van der Waals surface area contributed by atoms with Crippen LogP contribution in [0.4, 0.5) is 0 Å². The molecule has 2 saturated carbocycles. The van der Waals surface area contributed by atoms with Crippen LogP contribution >= 0.6 is 0 Å². The number of aliphatic hydroxyl groups is 2. The minimum Gasteiger partial charge on any atom is -0.508 e. The third-order valence-electron chi connectivity index (χ3n) is 7.94. The Balaban J connectivity index is 1.91. The number of carbonyl (C=O) groups is 2. The molecule has 162 valence electrons. The number of phenols is 2. The van der Waals surface area contributed by atoms with Gasteiger partial charge in [-0.2, -0.15) is 0 Å². The number of aryl methyl sites for hydroxylation is 1. The summed E-state index contributed by atoms with van der Waals surface area (Å²) in [7, 11) is 0. The van der Waals surface area contributed by atoms with E-state index in [4.69, 9.17) is 0 Å². The molecule has 3 aliphatic carbocycles. The summed E-state index contributed by atoms with van der Waals surface area (Å²) in [5, 5.41) is 54.0. The molecule has 0 amide bonds. The first kappa shape index (κ1) is 20.9. The lowest BCUT2D eigenvalue weighted by atomic mass is 9.39. The number of rotatable bonds is 3. The molecule has 0 aliphatic heterocycles. The molecule has 0 aromatic heterocycles. The molecule has 1 aromatic rings. The van der Waals surface area contributed by atoms with E-state index in [2.05, 4.69) is 0 Å². The number of fused-ring (bicyclic) bond motifs is 3. The molecule has 2 fully saturated rings. The Bertz CT molecular complexity index is 1010. The molecule has 30 heavy (non-hydrogen) atoms. The Hall–Kier alpha value is -2.38. The van der Waals surface area contributed by atoms with Crippen LogP contribution in [0.1, 0.15) is 67.4 Å². The summed E-state index contributed by atoms with van der Waals surface area (Å²) >= 11 is 0. The molecule has 4 rings (SSSR count). The van der Waals surface area contributed by atoms with Crippen LogP contribution in [0.25, 0.3) is 0 Å². The Morgan fingerprint density at radius 2 is 1.80 bits per heavy atom. The van der Waals surface area contributed by atoms with E-state index >= 15 is 0 Å². The van der Waals surface area contributed by atoms with Crippen molar-refractivity contribution in [3.05, 3.63) is 34.4 Å². The monoisotopic (exact) mass is 416 g/mol. The second-order valence-corrected chi connectivity index (χ2v) is 10.4. The summed E-state index contributed by atoms with van der Waals surface area (Å²) in [5.74, 6) is -3.47. The molecule has 0 spiro atoms. The molecule has 0 radical (unpaired) electrons. The highest BCUT2D eigenvalue weighted by molar-refractivity contribution is 5.94. The van der Waals surface area contributed by atoms with Gasteiger partial charge in [0, 0.05) is 28.4 Å². The second kappa shape index (κ2) is 5.86. The molecule has 0 bridgehead atoms. The Labute approximate surface area is 174 Å². The quantitative estimate of drug-likeness (QED) is 0.478. The van der Waals surface area contributed by atoms with E-state index in [-0.39, 0.29) is 45.8 Å². The van der Waals surface area contributed by atoms with Crippen LogP contribution in [-0.4, -0.2) is 49.0 Å². The highest BCUT2D eigenvalue weighted by Gasteiger charge is 2.74. The zero-order valence-corrected chi connectivity index (χ0v) is 17.6. The molecule has 7 nitrogen and oxygen atoms in total. The Morgan fingerprint density at radius 3 is 2.37 bits per heavy atom. The normalized spacial score (nSPS) is 38.8. The van der Waals surface area contributed by atoms with Gasteiger partial charge in [-0.25, -0.2) is 4.79 Å². The smallest absolute Gasteiger partial charge is 0.339 e. The van der Waals surface area contributed by atoms with Crippen LogP contribution < -0.4 is 0 Å². The van der Waals surface area contributed by atoms with Crippen LogP contribution in [0, 0.1) is 23.7 Å². The van der Waals surface area contributed by atoms with Gasteiger partial charge in [0.05, 0.1) is 5.60 Å². The lowest BCUT2D eigenvalue weighted by Crippen LogP contribution is -2.70. The van der Waals surface area contributed by atoms with E-state index in [1.54, 1.807) is 0 Å². The second-order valence-electron chi connectivity index (χ2n) is 10.4. The van der Waals surface area contributed by atoms with Gasteiger partial charge in [0.15, 0.2) is 0 Å². The van der Waals surface area contributed by atoms with Crippen molar-refractivity contribution in [2.24, 2.45) is 16.7 Å². The fourth-order valence-electron chi connectivity index (χ4n) is 6.78. The summed E-state index contributed by atoms with van der Waals surface area (Å²) in [6.45, 7) is 7.35. The first-order valence-electron chi connectivity index (χ1n) is 10.1. The predicted molar refractivity (Wildman–Crippen MR) is 107 cm³/mol. The molecular formula is C23H28O7. The third kappa shape index (κ3) is 2.33. The zero-order chi connectivity index (χ0) is 22.4. The van der Waals surface area contributed by atoms with E-state index in [1.165, 1.54) is 19.1 Å². The fourth-order valence-corrected chi connectivity index (χ4v) is 6.78. The molecule has 5 N–H and O–H groups in total. The van der Waals surface area contributed by atoms with Gasteiger partial charge in [-0.15, -0.1) is 0 Å². The van der Waals surface area contributed by atoms with E-state index in [9.17, 15) is 35.1 Å². The minimum absolute atomic E-state index is 0.00829. The first-order valence-corrected chi connectivity index (χ1v) is 10.1. The van der Waals surface area contributed by atoms with E-state index in [0.717, 1.165) is 0 Å². The van der Waals surface area contributed by atoms with Gasteiger partial charge in [-0.1, -0.05) is 20.8 Å². The molecular weight excluding hydrogens is 388 g/mol. The maximum Gasteiger partial charge on any atom is 0.339 e. The van der Waals surface area contributed by atoms with Crippen molar-refractivity contribution in [1.82, 2.24) is 0 Å². The SMILES string of the molecule is Cc1cc(O)c([C@H]2C[C@]3(C)[C@H]4CC(C)(C)C[C@@]4(O)C=C(C=O)[C@]23O)c(O)c1C(=O)O. The van der Waals surface area contributed by atoms with Gasteiger partial charge < -0.3 is 25.5 Å². The molecule has 0 unspecified atom stereocenters. The summed E-state index contributed by atoms with van der Waals surface area (Å²) in [5.41, 5.74) is -4.25. The molecule has 5 atom stereocenters. The minimum atomic E-state index is -1.74. The largest absolute Gasteiger partial charge is 0.508 e. The summed E-state index contributed by atoms with van der Waals surface area (Å²) < 4.78 is 0. The van der Waals surface area contributed by atoms with E-state index in [0.29, 0.717) is 19.1 Å². The number of aromatic carboxylic acids is 1. The molecule has 1 aromatic carbocycles. The molecule has 7 heteroatoms. The van der Waals surface area contributed by atoms with Crippen LogP contribution in [0.5, 0.6) is 11.5 Å². The number of carboxylic acid groups (broad SMARTS) is 1. The average Bonchev–Trinajstić information content (AvgIpc) is 2.86. The summed E-state index contributed by atoms with van der Waals surface area (Å²) in [6, 6.07) is 1.25. The maximum absolute atomic E-state index is 12.0. The van der Waals surface area contributed by atoms with Crippen molar-refractivity contribution in [2.75, 3.05) is 0 Å². The van der Waals surface area contributed by atoms with Gasteiger partial charge in [-0.3, -0.25) is 4.79 Å². The van der Waals surface area contributed by atoms with Crippen molar-refractivity contribution >= 4 is 12.3 Å². The average molecular weight is 416 g/mol. The lowest BCUT2D eigenvalue weighted by molar-refractivity contribution is -0.215. The number of aromatic hydroxyl groups is 2. The topological polar surface area (TPSA) is 135 Å². The van der Waals surface area contributed by atoms with E-state index in [1.807, 2.05) is 20.8 Å². The zero-order valence-electron chi connectivity index (χ0n) is 17.6. The van der Waals surface area contributed by atoms with Crippen molar-refractivity contribution in [2.45, 2.75) is 64.1 Å². The number of benzene rings is 1. The number of carboxylic acids is 1. The summed E-state index contributed by atoms with van der Waals surface area (Å²) in [6.07, 6.45) is 3.34. The van der Waals surface area contributed by atoms with Crippen LogP contribution in [0.3, 0.4) is 0 Å². The van der Waals surface area contributed by atoms with Gasteiger partial charge >= 0.3 is 5.97 Å². The number of phenolic OH excluding ortho intramolecular Hbond substituents is 1. The van der Waals surface area contributed by atoms with Crippen molar-refractivity contribution in [3.63, 3.8) is 0 Å². The predicted octanol–water partition coefficient (Wildman–Crippen LogP) is 2.64. The summed E-state index contributed by atoms with van der Waals surface area (Å²) in [4.78, 5) is 23.6. The van der Waals surface area contributed by atoms with Gasteiger partial charge in [0.2, 0.25) is 0 Å². The molecule has 0 heterocycles. The standard InChI is InChI=1S/C23H28O7/c1-11-5-14(25)17(18(26)16(11)19(27)28)13-7-21(4)15-8-20(2,3)10-22(15,29)6-12(9-24)23(13,21)30/h5-6,9,13,15,25-26,29-30H,7-8,10H2,1-4H3,(H,27,28)/t13-,15-,21-,22+,23+/m1/s1. The van der Waals surface area contributed by atoms with E-state index < -0.39 is 34.3 Å². The van der Waals surface area contributed by atoms with Crippen LogP contribution in [-0.2, 0) is 4.79 Å². The highest BCUT2D eigenvalue weighted by Crippen LogP contribution is 2.74.